The maximum Gasteiger partial charge on any atom is 0.574 e. The van der Waals surface area contributed by atoms with Crippen molar-refractivity contribution in [2.45, 2.75) is 19.7 Å². The monoisotopic (exact) mass is 261 g/mol. The summed E-state index contributed by atoms with van der Waals surface area (Å²) in [6.45, 7) is 1.41. The summed E-state index contributed by atoms with van der Waals surface area (Å²) in [4.78, 5) is 12.9. The molecule has 0 atom stereocenters. The number of nitro groups is 1. The normalized spacial score (nSPS) is 10.8. The summed E-state index contributed by atoms with van der Waals surface area (Å²) in [6, 6.07) is 2.58. The highest BCUT2D eigenvalue weighted by atomic mass is 19.4. The third-order valence-corrected chi connectivity index (χ3v) is 1.92. The number of rotatable bonds is 3. The molecule has 0 aromatic carbocycles. The molecule has 1 aromatic rings. The van der Waals surface area contributed by atoms with Crippen LogP contribution in [0.2, 0.25) is 0 Å². The maximum absolute atomic E-state index is 12.1. The minimum atomic E-state index is -5.09. The third kappa shape index (κ3) is 3.31. The van der Waals surface area contributed by atoms with Gasteiger partial charge in [-0.1, -0.05) is 0 Å². The molecule has 1 aromatic heterocycles. The van der Waals surface area contributed by atoms with Crippen molar-refractivity contribution in [2.24, 2.45) is 0 Å². The van der Waals surface area contributed by atoms with Crippen LogP contribution in [0.25, 0.3) is 0 Å². The van der Waals surface area contributed by atoms with Crippen molar-refractivity contribution in [3.63, 3.8) is 0 Å². The Morgan fingerprint density at radius 2 is 2.22 bits per heavy atom. The van der Waals surface area contributed by atoms with E-state index in [1.165, 1.54) is 6.92 Å². The number of aromatic nitrogens is 1. The quantitative estimate of drug-likeness (QED) is 0.615. The van der Waals surface area contributed by atoms with E-state index in [2.05, 4.69) is 9.72 Å². The Bertz CT molecular complexity index is 522. The van der Waals surface area contributed by atoms with Gasteiger partial charge in [-0.15, -0.1) is 13.2 Å². The van der Waals surface area contributed by atoms with Gasteiger partial charge in [0.15, 0.2) is 0 Å². The number of ether oxygens (including phenoxy) is 1. The molecule has 0 fully saturated rings. The van der Waals surface area contributed by atoms with E-state index in [1.54, 1.807) is 6.07 Å². The van der Waals surface area contributed by atoms with Crippen molar-refractivity contribution >= 4 is 5.69 Å². The highest BCUT2D eigenvalue weighted by molar-refractivity contribution is 5.45. The van der Waals surface area contributed by atoms with E-state index < -0.39 is 22.9 Å². The van der Waals surface area contributed by atoms with Gasteiger partial charge in [0, 0.05) is 6.07 Å². The van der Waals surface area contributed by atoms with Crippen molar-refractivity contribution in [2.75, 3.05) is 0 Å². The third-order valence-electron chi connectivity index (χ3n) is 1.92. The van der Waals surface area contributed by atoms with Crippen molar-refractivity contribution < 1.29 is 22.8 Å². The molecule has 1 heterocycles. The van der Waals surface area contributed by atoms with E-state index in [0.29, 0.717) is 0 Å². The van der Waals surface area contributed by atoms with E-state index in [-0.39, 0.29) is 17.7 Å². The molecule has 0 saturated carbocycles. The van der Waals surface area contributed by atoms with Crippen LogP contribution >= 0.6 is 0 Å². The van der Waals surface area contributed by atoms with Gasteiger partial charge < -0.3 is 4.74 Å². The van der Waals surface area contributed by atoms with Crippen LogP contribution in [-0.2, 0) is 6.42 Å². The Kier molecular flexibility index (Phi) is 3.70. The lowest BCUT2D eigenvalue weighted by Gasteiger charge is -2.10. The molecule has 0 spiro atoms. The summed E-state index contributed by atoms with van der Waals surface area (Å²) >= 11 is 0. The van der Waals surface area contributed by atoms with Crippen LogP contribution in [0.5, 0.6) is 5.88 Å². The van der Waals surface area contributed by atoms with Gasteiger partial charge in [-0.05, 0) is 12.5 Å². The lowest BCUT2D eigenvalue weighted by atomic mass is 10.1. The van der Waals surface area contributed by atoms with Gasteiger partial charge in [0.1, 0.15) is 0 Å². The average molecular weight is 261 g/mol. The molecule has 0 amide bonds. The largest absolute Gasteiger partial charge is 0.574 e. The Balaban J connectivity index is 3.31. The second-order valence-electron chi connectivity index (χ2n) is 3.22. The van der Waals surface area contributed by atoms with Gasteiger partial charge in [-0.25, -0.2) is 4.98 Å². The fourth-order valence-corrected chi connectivity index (χ4v) is 1.19. The zero-order valence-electron chi connectivity index (χ0n) is 8.98. The van der Waals surface area contributed by atoms with Crippen LogP contribution in [0.3, 0.4) is 0 Å². The van der Waals surface area contributed by atoms with Crippen LogP contribution in [0.1, 0.15) is 11.3 Å². The average Bonchev–Trinajstić information content (AvgIpc) is 2.20. The molecule has 0 unspecified atom stereocenters. The Morgan fingerprint density at radius 3 is 2.67 bits per heavy atom. The number of alkyl halides is 3. The van der Waals surface area contributed by atoms with E-state index in [0.717, 1.165) is 6.07 Å². The summed E-state index contributed by atoms with van der Waals surface area (Å²) in [5.41, 5.74) is -0.647. The zero-order chi connectivity index (χ0) is 13.9. The van der Waals surface area contributed by atoms with Crippen LogP contribution in [0.4, 0.5) is 18.9 Å². The number of hydrogen-bond acceptors (Lipinski definition) is 5. The Hall–Kier alpha value is -2.37. The smallest absolute Gasteiger partial charge is 0.381 e. The highest BCUT2D eigenvalue weighted by Gasteiger charge is 2.35. The predicted molar refractivity (Wildman–Crippen MR) is 51.6 cm³/mol. The Morgan fingerprint density at radius 1 is 1.61 bits per heavy atom. The number of pyridine rings is 1. The molecule has 18 heavy (non-hydrogen) atoms. The Labute approximate surface area is 98.8 Å². The summed E-state index contributed by atoms with van der Waals surface area (Å²) in [5, 5.41) is 19.0. The van der Waals surface area contributed by atoms with Crippen molar-refractivity contribution in [3.05, 3.63) is 27.4 Å². The lowest BCUT2D eigenvalue weighted by molar-refractivity contribution is -0.389. The molecule has 0 aliphatic carbocycles. The molecule has 0 N–H and O–H groups in total. The van der Waals surface area contributed by atoms with Gasteiger partial charge in [-0.2, -0.15) is 5.26 Å². The fraction of sp³-hybridized carbons (Fsp3) is 0.333. The second kappa shape index (κ2) is 4.87. The van der Waals surface area contributed by atoms with E-state index in [1.807, 2.05) is 0 Å². The molecule has 0 radical (unpaired) electrons. The summed E-state index contributed by atoms with van der Waals surface area (Å²) in [6.07, 6.45) is -5.35. The molecule has 6 nitrogen and oxygen atoms in total. The maximum atomic E-state index is 12.1. The van der Waals surface area contributed by atoms with E-state index in [9.17, 15) is 23.3 Å². The molecule has 0 bridgehead atoms. The van der Waals surface area contributed by atoms with Crippen LogP contribution < -0.4 is 4.74 Å². The highest BCUT2D eigenvalue weighted by Crippen LogP contribution is 2.31. The first-order chi connectivity index (χ1) is 8.24. The van der Waals surface area contributed by atoms with Crippen molar-refractivity contribution in [1.82, 2.24) is 4.98 Å². The first-order valence-electron chi connectivity index (χ1n) is 4.52. The van der Waals surface area contributed by atoms with E-state index >= 15 is 0 Å². The van der Waals surface area contributed by atoms with Crippen LogP contribution in [0.15, 0.2) is 6.07 Å². The number of nitriles is 1. The summed E-state index contributed by atoms with van der Waals surface area (Å²) in [7, 11) is 0. The molecule has 0 aliphatic heterocycles. The first kappa shape index (κ1) is 13.7. The second-order valence-corrected chi connectivity index (χ2v) is 3.22. The van der Waals surface area contributed by atoms with Gasteiger partial charge in [0.25, 0.3) is 0 Å². The SMILES string of the molecule is Cc1cc([N+](=O)[O-])c(OC(F)(F)F)nc1CC#N. The standard InChI is InChI=1S/C9H6F3N3O3/c1-5-4-7(15(16)17)8(18-9(10,11)12)14-6(5)2-3-13/h4H,2H2,1H3. The topological polar surface area (TPSA) is 89.1 Å². The predicted octanol–water partition coefficient (Wildman–Crippen LogP) is 2.26. The minimum Gasteiger partial charge on any atom is -0.381 e. The zero-order valence-corrected chi connectivity index (χ0v) is 8.98. The lowest BCUT2D eigenvalue weighted by Crippen LogP contribution is -2.19. The van der Waals surface area contributed by atoms with Gasteiger partial charge >= 0.3 is 17.9 Å². The number of aryl methyl sites for hydroxylation is 1. The molecular weight excluding hydrogens is 255 g/mol. The summed E-state index contributed by atoms with van der Waals surface area (Å²) in [5.74, 6) is -1.16. The number of nitrogens with zero attached hydrogens (tertiary/aromatic N) is 3. The molecular formula is C9H6F3N3O3. The van der Waals surface area contributed by atoms with Crippen LogP contribution in [0, 0.1) is 28.4 Å². The van der Waals surface area contributed by atoms with Gasteiger partial charge in [0.2, 0.25) is 0 Å². The fourth-order valence-electron chi connectivity index (χ4n) is 1.19. The molecule has 1 rings (SSSR count). The molecule has 96 valence electrons. The van der Waals surface area contributed by atoms with Crippen LogP contribution in [-0.4, -0.2) is 16.3 Å². The molecule has 0 aliphatic rings. The van der Waals surface area contributed by atoms with Gasteiger partial charge in [-0.3, -0.25) is 10.1 Å². The first-order valence-corrected chi connectivity index (χ1v) is 4.52. The van der Waals surface area contributed by atoms with Gasteiger partial charge in [0.05, 0.1) is 23.1 Å². The number of hydrogen-bond donors (Lipinski definition) is 0. The number of halogens is 3. The van der Waals surface area contributed by atoms with E-state index in [4.69, 9.17) is 5.26 Å². The molecule has 9 heteroatoms. The molecule has 0 saturated heterocycles. The summed E-state index contributed by atoms with van der Waals surface area (Å²) < 4.78 is 39.6. The minimum absolute atomic E-state index is 0.00218. The van der Waals surface area contributed by atoms with Crippen molar-refractivity contribution in [3.8, 4) is 11.9 Å². The van der Waals surface area contributed by atoms with Crippen molar-refractivity contribution in [1.29, 1.82) is 5.26 Å².